The summed E-state index contributed by atoms with van der Waals surface area (Å²) in [5, 5.41) is 6.49. The van der Waals surface area contributed by atoms with Crippen molar-refractivity contribution in [1.29, 1.82) is 0 Å². The van der Waals surface area contributed by atoms with Gasteiger partial charge in [-0.1, -0.05) is 19.3 Å². The van der Waals surface area contributed by atoms with Crippen LogP contribution < -0.4 is 10.6 Å². The van der Waals surface area contributed by atoms with Crippen LogP contribution in [0.1, 0.15) is 45.4 Å². The van der Waals surface area contributed by atoms with Gasteiger partial charge in [-0.05, 0) is 32.7 Å². The maximum absolute atomic E-state index is 12.1. The van der Waals surface area contributed by atoms with Crippen molar-refractivity contribution in [2.45, 2.75) is 51.5 Å². The van der Waals surface area contributed by atoms with Crippen LogP contribution in [-0.2, 0) is 4.79 Å². The average Bonchev–Trinajstić information content (AvgIpc) is 2.68. The van der Waals surface area contributed by atoms with Crippen LogP contribution in [0.2, 0.25) is 0 Å². The Morgan fingerprint density at radius 2 is 2.07 bits per heavy atom. The maximum atomic E-state index is 12.1. The largest absolute Gasteiger partial charge is 0.353 e. The van der Waals surface area contributed by atoms with Gasteiger partial charge in [0.15, 0.2) is 0 Å². The van der Waals surface area contributed by atoms with Gasteiger partial charge in [-0.15, -0.1) is 0 Å². The third-order valence-electron chi connectivity index (χ3n) is 3.86. The number of carbonyl (C=O) groups excluding carboxylic acids is 1. The number of hydrogen-bond acceptors (Lipinski definition) is 2. The van der Waals surface area contributed by atoms with Crippen LogP contribution in [0.4, 0.5) is 0 Å². The Hall–Kier alpha value is -0.570. The third-order valence-corrected chi connectivity index (χ3v) is 3.86. The molecule has 0 aromatic carbocycles. The molecule has 0 aromatic heterocycles. The molecule has 0 aromatic rings. The molecule has 1 aliphatic carbocycles. The van der Waals surface area contributed by atoms with Crippen LogP contribution in [0.15, 0.2) is 0 Å². The fourth-order valence-electron chi connectivity index (χ4n) is 2.62. The van der Waals surface area contributed by atoms with Gasteiger partial charge < -0.3 is 10.6 Å². The van der Waals surface area contributed by atoms with Crippen molar-refractivity contribution in [3.05, 3.63) is 0 Å². The molecule has 1 heterocycles. The minimum atomic E-state index is -0.155. The Morgan fingerprint density at radius 3 is 2.67 bits per heavy atom. The van der Waals surface area contributed by atoms with Gasteiger partial charge in [-0.25, -0.2) is 0 Å². The van der Waals surface area contributed by atoms with Crippen molar-refractivity contribution in [2.24, 2.45) is 5.41 Å². The van der Waals surface area contributed by atoms with E-state index in [9.17, 15) is 4.79 Å². The van der Waals surface area contributed by atoms with Crippen molar-refractivity contribution in [3.63, 3.8) is 0 Å². The minimum Gasteiger partial charge on any atom is -0.353 e. The van der Waals surface area contributed by atoms with E-state index >= 15 is 0 Å². The summed E-state index contributed by atoms with van der Waals surface area (Å²) in [4.78, 5) is 12.1. The molecule has 1 saturated carbocycles. The third kappa shape index (κ3) is 2.51. The molecule has 3 heteroatoms. The summed E-state index contributed by atoms with van der Waals surface area (Å²) in [6, 6.07) is 0.448. The molecule has 2 aliphatic rings. The van der Waals surface area contributed by atoms with E-state index in [0.717, 1.165) is 19.5 Å². The maximum Gasteiger partial charge on any atom is 0.227 e. The van der Waals surface area contributed by atoms with Gasteiger partial charge in [0.1, 0.15) is 0 Å². The summed E-state index contributed by atoms with van der Waals surface area (Å²) in [7, 11) is 0. The minimum absolute atomic E-state index is 0.155. The molecule has 1 atom stereocenters. The first-order valence-corrected chi connectivity index (χ1v) is 6.22. The van der Waals surface area contributed by atoms with Gasteiger partial charge in [0.25, 0.3) is 0 Å². The second-order valence-electron chi connectivity index (χ2n) is 5.30. The van der Waals surface area contributed by atoms with Gasteiger partial charge in [0.2, 0.25) is 5.91 Å². The van der Waals surface area contributed by atoms with E-state index in [4.69, 9.17) is 0 Å². The van der Waals surface area contributed by atoms with E-state index in [2.05, 4.69) is 17.6 Å². The van der Waals surface area contributed by atoms with Crippen LogP contribution in [0.3, 0.4) is 0 Å². The zero-order valence-corrected chi connectivity index (χ0v) is 9.64. The fourth-order valence-corrected chi connectivity index (χ4v) is 2.62. The first kappa shape index (κ1) is 10.9. The fraction of sp³-hybridized carbons (Fsp3) is 0.917. The molecule has 0 spiro atoms. The normalized spacial score (nSPS) is 32.9. The Balaban J connectivity index is 1.85. The molecule has 2 rings (SSSR count). The van der Waals surface area contributed by atoms with E-state index < -0.39 is 0 Å². The zero-order chi connectivity index (χ0) is 10.7. The molecule has 1 saturated heterocycles. The lowest BCUT2D eigenvalue weighted by atomic mass is 9.87. The van der Waals surface area contributed by atoms with E-state index in [-0.39, 0.29) is 11.3 Å². The van der Waals surface area contributed by atoms with Crippen molar-refractivity contribution in [1.82, 2.24) is 10.6 Å². The number of nitrogens with one attached hydrogen (secondary N) is 2. The quantitative estimate of drug-likeness (QED) is 0.724. The Morgan fingerprint density at radius 1 is 1.33 bits per heavy atom. The van der Waals surface area contributed by atoms with Gasteiger partial charge in [0, 0.05) is 12.6 Å². The van der Waals surface area contributed by atoms with Crippen molar-refractivity contribution in [3.8, 4) is 0 Å². The predicted molar refractivity (Wildman–Crippen MR) is 60.6 cm³/mol. The Kier molecular flexibility index (Phi) is 3.29. The highest BCUT2D eigenvalue weighted by molar-refractivity contribution is 5.83. The van der Waals surface area contributed by atoms with Gasteiger partial charge in [0.05, 0.1) is 5.41 Å². The SMILES string of the molecule is CC1(C(=O)NC2CCCCC2)CCNC1. The predicted octanol–water partition coefficient (Wildman–Crippen LogP) is 1.43. The molecule has 2 N–H and O–H groups in total. The molecule has 2 fully saturated rings. The summed E-state index contributed by atoms with van der Waals surface area (Å²) in [6.45, 7) is 3.89. The van der Waals surface area contributed by atoms with E-state index in [1.54, 1.807) is 0 Å². The first-order chi connectivity index (χ1) is 7.21. The molecular weight excluding hydrogens is 188 g/mol. The molecule has 0 radical (unpaired) electrons. The summed E-state index contributed by atoms with van der Waals surface area (Å²) in [5.41, 5.74) is -0.155. The van der Waals surface area contributed by atoms with Gasteiger partial charge >= 0.3 is 0 Å². The average molecular weight is 210 g/mol. The molecule has 1 aliphatic heterocycles. The number of carbonyl (C=O) groups is 1. The summed E-state index contributed by atoms with van der Waals surface area (Å²) < 4.78 is 0. The highest BCUT2D eigenvalue weighted by atomic mass is 16.2. The van der Waals surface area contributed by atoms with Crippen LogP contribution in [0.5, 0.6) is 0 Å². The monoisotopic (exact) mass is 210 g/mol. The van der Waals surface area contributed by atoms with Gasteiger partial charge in [-0.3, -0.25) is 4.79 Å². The molecular formula is C12H22N2O. The summed E-state index contributed by atoms with van der Waals surface area (Å²) in [5.74, 6) is 0.263. The van der Waals surface area contributed by atoms with Crippen molar-refractivity contribution in [2.75, 3.05) is 13.1 Å². The number of amides is 1. The second-order valence-corrected chi connectivity index (χ2v) is 5.30. The second kappa shape index (κ2) is 4.52. The standard InChI is InChI=1S/C12H22N2O/c1-12(7-8-13-9-12)11(15)14-10-5-3-2-4-6-10/h10,13H,2-9H2,1H3,(H,14,15). The number of rotatable bonds is 2. The highest BCUT2D eigenvalue weighted by Crippen LogP contribution is 2.26. The molecule has 3 nitrogen and oxygen atoms in total. The van der Waals surface area contributed by atoms with Crippen LogP contribution in [0, 0.1) is 5.41 Å². The lowest BCUT2D eigenvalue weighted by molar-refractivity contribution is -0.130. The highest BCUT2D eigenvalue weighted by Gasteiger charge is 2.37. The van der Waals surface area contributed by atoms with Crippen molar-refractivity contribution >= 4 is 5.91 Å². The molecule has 1 amide bonds. The zero-order valence-electron chi connectivity index (χ0n) is 9.64. The molecule has 15 heavy (non-hydrogen) atoms. The lowest BCUT2D eigenvalue weighted by Gasteiger charge is -2.28. The Labute approximate surface area is 92.0 Å². The van der Waals surface area contributed by atoms with E-state index in [1.807, 2.05) is 0 Å². The van der Waals surface area contributed by atoms with Gasteiger partial charge in [-0.2, -0.15) is 0 Å². The summed E-state index contributed by atoms with van der Waals surface area (Å²) >= 11 is 0. The first-order valence-electron chi connectivity index (χ1n) is 6.22. The number of hydrogen-bond donors (Lipinski definition) is 2. The topological polar surface area (TPSA) is 41.1 Å². The molecule has 0 bridgehead atoms. The van der Waals surface area contributed by atoms with Crippen LogP contribution >= 0.6 is 0 Å². The van der Waals surface area contributed by atoms with Crippen LogP contribution in [0.25, 0.3) is 0 Å². The molecule has 1 unspecified atom stereocenters. The summed E-state index contributed by atoms with van der Waals surface area (Å²) in [6.07, 6.45) is 7.22. The van der Waals surface area contributed by atoms with Crippen LogP contribution in [-0.4, -0.2) is 25.0 Å². The van der Waals surface area contributed by atoms with E-state index in [1.165, 1.54) is 32.1 Å². The lowest BCUT2D eigenvalue weighted by Crippen LogP contribution is -2.45. The molecule has 86 valence electrons. The van der Waals surface area contributed by atoms with Crippen molar-refractivity contribution < 1.29 is 4.79 Å². The smallest absolute Gasteiger partial charge is 0.227 e. The Bertz CT molecular complexity index is 228. The van der Waals surface area contributed by atoms with E-state index in [0.29, 0.717) is 6.04 Å².